The Hall–Kier alpha value is -1.17. The van der Waals surface area contributed by atoms with Crippen LogP contribution in [0, 0.1) is 0 Å². The predicted molar refractivity (Wildman–Crippen MR) is 59.0 cm³/mol. The van der Waals surface area contributed by atoms with E-state index in [2.05, 4.69) is 14.7 Å². The number of aryl methyl sites for hydroxylation is 1. The number of likely N-dealkylation sites (tertiary alicyclic amines) is 1. The van der Waals surface area contributed by atoms with Gasteiger partial charge in [-0.05, 0) is 6.42 Å². The zero-order valence-electron chi connectivity index (χ0n) is 8.86. The lowest BCUT2D eigenvalue weighted by Crippen LogP contribution is -2.30. The van der Waals surface area contributed by atoms with Gasteiger partial charge < -0.3 is 10.2 Å². The molecule has 1 aliphatic rings. The number of hydrogen-bond donors (Lipinski definition) is 1. The third-order valence-electron chi connectivity index (χ3n) is 2.51. The molecule has 1 aromatic heterocycles. The highest BCUT2D eigenvalue weighted by Crippen LogP contribution is 2.17. The summed E-state index contributed by atoms with van der Waals surface area (Å²) in [4.78, 5) is 17.6. The molecular formula is C9H14N4OS. The Kier molecular flexibility index (Phi) is 2.86. The summed E-state index contributed by atoms with van der Waals surface area (Å²) in [6, 6.07) is -0.118. The molecule has 1 N–H and O–H groups in total. The molecule has 0 aliphatic carbocycles. The van der Waals surface area contributed by atoms with Crippen molar-refractivity contribution in [2.45, 2.75) is 25.8 Å². The Bertz CT molecular complexity index is 365. The van der Waals surface area contributed by atoms with Gasteiger partial charge in [0.15, 0.2) is 0 Å². The number of nitrogens with one attached hydrogen (secondary N) is 1. The van der Waals surface area contributed by atoms with Crippen molar-refractivity contribution in [1.29, 1.82) is 0 Å². The molecule has 0 radical (unpaired) electrons. The molecule has 2 rings (SSSR count). The van der Waals surface area contributed by atoms with Crippen molar-refractivity contribution in [3.05, 3.63) is 5.82 Å². The van der Waals surface area contributed by atoms with Crippen molar-refractivity contribution in [3.63, 3.8) is 0 Å². The van der Waals surface area contributed by atoms with E-state index in [1.807, 2.05) is 14.0 Å². The fraction of sp³-hybridized carbons (Fsp3) is 0.667. The van der Waals surface area contributed by atoms with Crippen LogP contribution < -0.4 is 5.32 Å². The van der Waals surface area contributed by atoms with Gasteiger partial charge in [0.05, 0.1) is 0 Å². The molecule has 2 heterocycles. The molecule has 0 bridgehead atoms. The van der Waals surface area contributed by atoms with Crippen molar-refractivity contribution in [2.24, 2.45) is 0 Å². The number of likely N-dealkylation sites (N-methyl/N-ethyl adjacent to an activating group) is 1. The minimum absolute atomic E-state index is 0.118. The molecule has 1 aromatic rings. The van der Waals surface area contributed by atoms with Crippen molar-refractivity contribution >= 4 is 22.6 Å². The SMILES string of the molecule is CCc1nsc(NC2CCN(C)C2=O)n1. The number of carbonyl (C=O) groups is 1. The lowest BCUT2D eigenvalue weighted by molar-refractivity contribution is -0.127. The normalized spacial score (nSPS) is 21.1. The number of nitrogens with zero attached hydrogens (tertiary/aromatic N) is 3. The van der Waals surface area contributed by atoms with Crippen LogP contribution in [0.1, 0.15) is 19.2 Å². The molecule has 1 amide bonds. The number of aromatic nitrogens is 2. The van der Waals surface area contributed by atoms with Gasteiger partial charge in [-0.1, -0.05) is 6.92 Å². The van der Waals surface area contributed by atoms with Crippen LogP contribution in [0.4, 0.5) is 5.13 Å². The maximum absolute atomic E-state index is 11.6. The summed E-state index contributed by atoms with van der Waals surface area (Å²) in [5.41, 5.74) is 0. The van der Waals surface area contributed by atoms with Gasteiger partial charge in [0.25, 0.3) is 0 Å². The minimum atomic E-state index is -0.118. The second-order valence-corrected chi connectivity index (χ2v) is 4.37. The molecule has 0 saturated carbocycles. The van der Waals surface area contributed by atoms with E-state index in [1.165, 1.54) is 11.5 Å². The second-order valence-electron chi connectivity index (χ2n) is 3.61. The molecule has 82 valence electrons. The Morgan fingerprint density at radius 2 is 2.47 bits per heavy atom. The van der Waals surface area contributed by atoms with Gasteiger partial charge in [-0.15, -0.1) is 0 Å². The Labute approximate surface area is 92.7 Å². The van der Waals surface area contributed by atoms with Crippen molar-refractivity contribution in [2.75, 3.05) is 18.9 Å². The van der Waals surface area contributed by atoms with Crippen molar-refractivity contribution < 1.29 is 4.79 Å². The van der Waals surface area contributed by atoms with E-state index < -0.39 is 0 Å². The van der Waals surface area contributed by atoms with E-state index in [0.29, 0.717) is 0 Å². The molecule has 0 spiro atoms. The average Bonchev–Trinajstić information content (AvgIpc) is 2.80. The first-order chi connectivity index (χ1) is 7.20. The molecule has 1 unspecified atom stereocenters. The summed E-state index contributed by atoms with van der Waals surface area (Å²) in [6.45, 7) is 2.83. The maximum atomic E-state index is 11.6. The molecule has 1 saturated heterocycles. The second kappa shape index (κ2) is 4.14. The van der Waals surface area contributed by atoms with Gasteiger partial charge in [-0.3, -0.25) is 4.79 Å². The van der Waals surface area contributed by atoms with Gasteiger partial charge >= 0.3 is 0 Å². The van der Waals surface area contributed by atoms with Crippen LogP contribution >= 0.6 is 11.5 Å². The summed E-state index contributed by atoms with van der Waals surface area (Å²) in [6.07, 6.45) is 1.67. The summed E-state index contributed by atoms with van der Waals surface area (Å²) in [5, 5.41) is 3.88. The fourth-order valence-corrected chi connectivity index (χ4v) is 2.26. The van der Waals surface area contributed by atoms with E-state index in [1.54, 1.807) is 4.90 Å². The quantitative estimate of drug-likeness (QED) is 0.826. The summed E-state index contributed by atoms with van der Waals surface area (Å²) < 4.78 is 4.16. The molecular weight excluding hydrogens is 212 g/mol. The molecule has 1 fully saturated rings. The molecule has 15 heavy (non-hydrogen) atoms. The minimum Gasteiger partial charge on any atom is -0.348 e. The van der Waals surface area contributed by atoms with Gasteiger partial charge in [0.2, 0.25) is 11.0 Å². The molecule has 1 atom stereocenters. The van der Waals surface area contributed by atoms with Gasteiger partial charge in [-0.25, -0.2) is 4.98 Å². The van der Waals surface area contributed by atoms with Crippen LogP contribution in [0.2, 0.25) is 0 Å². The van der Waals surface area contributed by atoms with Gasteiger partial charge in [0, 0.05) is 31.5 Å². The Morgan fingerprint density at radius 1 is 1.67 bits per heavy atom. The third-order valence-corrected chi connectivity index (χ3v) is 3.19. The highest BCUT2D eigenvalue weighted by atomic mass is 32.1. The van der Waals surface area contributed by atoms with Crippen LogP contribution in [0.15, 0.2) is 0 Å². The van der Waals surface area contributed by atoms with E-state index in [4.69, 9.17) is 0 Å². The zero-order chi connectivity index (χ0) is 10.8. The standard InChI is InChI=1S/C9H14N4OS/c1-3-7-11-9(15-12-7)10-6-4-5-13(2)8(6)14/h6H,3-5H2,1-2H3,(H,10,11,12). The number of amides is 1. The van der Waals surface area contributed by atoms with Crippen molar-refractivity contribution in [1.82, 2.24) is 14.3 Å². The number of hydrogen-bond acceptors (Lipinski definition) is 5. The van der Waals surface area contributed by atoms with Crippen molar-refractivity contribution in [3.8, 4) is 0 Å². The highest BCUT2D eigenvalue weighted by molar-refractivity contribution is 7.09. The molecule has 6 heteroatoms. The van der Waals surface area contributed by atoms with E-state index in [-0.39, 0.29) is 11.9 Å². The number of carbonyl (C=O) groups excluding carboxylic acids is 1. The Balaban J connectivity index is 2.00. The van der Waals surface area contributed by atoms with E-state index in [9.17, 15) is 4.79 Å². The lowest BCUT2D eigenvalue weighted by Gasteiger charge is -2.10. The summed E-state index contributed by atoms with van der Waals surface area (Å²) in [5.74, 6) is 0.976. The van der Waals surface area contributed by atoms with E-state index >= 15 is 0 Å². The van der Waals surface area contributed by atoms with Crippen LogP contribution in [-0.4, -0.2) is 39.8 Å². The lowest BCUT2D eigenvalue weighted by atomic mass is 10.2. The van der Waals surface area contributed by atoms with E-state index in [0.717, 1.165) is 30.3 Å². The molecule has 5 nitrogen and oxygen atoms in total. The van der Waals surface area contributed by atoms with Crippen LogP contribution in [0.5, 0.6) is 0 Å². The number of anilines is 1. The highest BCUT2D eigenvalue weighted by Gasteiger charge is 2.29. The van der Waals surface area contributed by atoms with Crippen LogP contribution in [-0.2, 0) is 11.2 Å². The molecule has 1 aliphatic heterocycles. The molecule has 0 aromatic carbocycles. The number of rotatable bonds is 3. The third kappa shape index (κ3) is 2.09. The first-order valence-electron chi connectivity index (χ1n) is 5.04. The average molecular weight is 226 g/mol. The predicted octanol–water partition coefficient (Wildman–Crippen LogP) is 0.743. The smallest absolute Gasteiger partial charge is 0.244 e. The van der Waals surface area contributed by atoms with Crippen LogP contribution in [0.25, 0.3) is 0 Å². The first kappa shape index (κ1) is 10.4. The first-order valence-corrected chi connectivity index (χ1v) is 5.82. The fourth-order valence-electron chi connectivity index (χ4n) is 1.56. The van der Waals surface area contributed by atoms with Crippen LogP contribution in [0.3, 0.4) is 0 Å². The Morgan fingerprint density at radius 3 is 3.00 bits per heavy atom. The van der Waals surface area contributed by atoms with Gasteiger partial charge in [-0.2, -0.15) is 4.37 Å². The van der Waals surface area contributed by atoms with Gasteiger partial charge in [0.1, 0.15) is 11.9 Å². The topological polar surface area (TPSA) is 58.1 Å². The zero-order valence-corrected chi connectivity index (χ0v) is 9.67. The largest absolute Gasteiger partial charge is 0.348 e. The monoisotopic (exact) mass is 226 g/mol. The summed E-state index contributed by atoms with van der Waals surface area (Å²) in [7, 11) is 1.82. The summed E-state index contributed by atoms with van der Waals surface area (Å²) >= 11 is 1.32. The maximum Gasteiger partial charge on any atom is 0.244 e.